The average molecular weight is 360 g/mol. The number of nitrogens with one attached hydrogen (secondary N) is 2. The molecule has 3 rings (SSSR count). The fourth-order valence-electron chi connectivity index (χ4n) is 2.90. The molecule has 2 N–H and O–H groups in total. The third-order valence-corrected chi connectivity index (χ3v) is 4.07. The number of ether oxygens (including phenoxy) is 1. The van der Waals surface area contributed by atoms with E-state index in [1.807, 2.05) is 80.6 Å². The van der Waals surface area contributed by atoms with Crippen molar-refractivity contribution in [2.24, 2.45) is 0 Å². The number of aryl methyl sites for hydroxylation is 2. The number of carbonyl (C=O) groups excluding carboxylic acids is 1. The van der Waals surface area contributed by atoms with E-state index in [4.69, 9.17) is 4.74 Å². The Bertz CT molecular complexity index is 887. The molecule has 0 aromatic heterocycles. The number of para-hydroxylation sites is 2. The van der Waals surface area contributed by atoms with Crippen molar-refractivity contribution < 1.29 is 9.53 Å². The molecule has 0 aliphatic rings. The molecule has 3 aromatic rings. The number of benzene rings is 3. The summed E-state index contributed by atoms with van der Waals surface area (Å²) in [5.74, 6) is 0.624. The summed E-state index contributed by atoms with van der Waals surface area (Å²) in [6.45, 7) is 4.68. The van der Waals surface area contributed by atoms with Gasteiger partial charge in [0.15, 0.2) is 0 Å². The van der Waals surface area contributed by atoms with Crippen LogP contribution in [-0.2, 0) is 11.4 Å². The van der Waals surface area contributed by atoms with Gasteiger partial charge in [-0.3, -0.25) is 4.79 Å². The maximum Gasteiger partial charge on any atom is 0.243 e. The molecule has 0 spiro atoms. The first-order valence-corrected chi connectivity index (χ1v) is 8.98. The van der Waals surface area contributed by atoms with Crippen LogP contribution in [0.4, 0.5) is 11.4 Å². The van der Waals surface area contributed by atoms with E-state index in [-0.39, 0.29) is 12.5 Å². The van der Waals surface area contributed by atoms with Crippen LogP contribution in [0.2, 0.25) is 0 Å². The lowest BCUT2D eigenvalue weighted by molar-refractivity contribution is -0.114. The molecule has 0 unspecified atom stereocenters. The zero-order valence-electron chi connectivity index (χ0n) is 15.7. The fraction of sp³-hybridized carbons (Fsp3) is 0.174. The van der Waals surface area contributed by atoms with Crippen molar-refractivity contribution in [1.82, 2.24) is 0 Å². The largest absolute Gasteiger partial charge is 0.487 e. The number of anilines is 2. The van der Waals surface area contributed by atoms with Crippen molar-refractivity contribution >= 4 is 17.3 Å². The van der Waals surface area contributed by atoms with Crippen LogP contribution in [0, 0.1) is 13.8 Å². The Morgan fingerprint density at radius 1 is 0.889 bits per heavy atom. The van der Waals surface area contributed by atoms with Crippen molar-refractivity contribution in [2.75, 3.05) is 17.2 Å². The van der Waals surface area contributed by atoms with Gasteiger partial charge in [-0.05, 0) is 54.8 Å². The van der Waals surface area contributed by atoms with E-state index in [9.17, 15) is 4.79 Å². The molecule has 0 aliphatic heterocycles. The van der Waals surface area contributed by atoms with Crippen molar-refractivity contribution in [1.29, 1.82) is 0 Å². The van der Waals surface area contributed by atoms with Crippen molar-refractivity contribution in [2.45, 2.75) is 20.5 Å². The smallest absolute Gasteiger partial charge is 0.243 e. The highest BCUT2D eigenvalue weighted by Gasteiger charge is 2.07. The van der Waals surface area contributed by atoms with Gasteiger partial charge >= 0.3 is 0 Å². The summed E-state index contributed by atoms with van der Waals surface area (Å²) in [5, 5.41) is 6.09. The molecule has 27 heavy (non-hydrogen) atoms. The van der Waals surface area contributed by atoms with Crippen LogP contribution in [0.1, 0.15) is 16.7 Å². The maximum absolute atomic E-state index is 12.3. The molecule has 138 valence electrons. The standard InChI is InChI=1S/C23H24N2O2/c1-17-12-18(2)14-20(13-17)25-23(26)15-24-21-10-6-7-11-22(21)27-16-19-8-4-3-5-9-19/h3-14,24H,15-16H2,1-2H3,(H,25,26). The van der Waals surface area contributed by atoms with Crippen molar-refractivity contribution in [3.05, 3.63) is 89.5 Å². The van der Waals surface area contributed by atoms with Gasteiger partial charge in [-0.15, -0.1) is 0 Å². The molecule has 4 heteroatoms. The summed E-state index contributed by atoms with van der Waals surface area (Å²) in [6.07, 6.45) is 0. The van der Waals surface area contributed by atoms with Gasteiger partial charge in [-0.1, -0.05) is 48.5 Å². The molecule has 0 bridgehead atoms. The summed E-state index contributed by atoms with van der Waals surface area (Å²) < 4.78 is 5.91. The Morgan fingerprint density at radius 3 is 2.30 bits per heavy atom. The quantitative estimate of drug-likeness (QED) is 0.628. The highest BCUT2D eigenvalue weighted by Crippen LogP contribution is 2.24. The minimum atomic E-state index is -0.0992. The Kier molecular flexibility index (Phi) is 6.10. The maximum atomic E-state index is 12.3. The zero-order valence-corrected chi connectivity index (χ0v) is 15.7. The average Bonchev–Trinajstić information content (AvgIpc) is 2.65. The fourth-order valence-corrected chi connectivity index (χ4v) is 2.90. The molecular formula is C23H24N2O2. The second kappa shape index (κ2) is 8.90. The topological polar surface area (TPSA) is 50.4 Å². The number of hydrogen-bond donors (Lipinski definition) is 2. The summed E-state index contributed by atoms with van der Waals surface area (Å²) in [7, 11) is 0. The molecule has 0 fully saturated rings. The second-order valence-electron chi connectivity index (χ2n) is 6.55. The Balaban J connectivity index is 1.58. The van der Waals surface area contributed by atoms with Gasteiger partial charge in [0.1, 0.15) is 12.4 Å². The molecule has 0 radical (unpaired) electrons. The highest BCUT2D eigenvalue weighted by atomic mass is 16.5. The number of rotatable bonds is 7. The molecule has 3 aromatic carbocycles. The molecule has 0 heterocycles. The number of amides is 1. The normalized spacial score (nSPS) is 10.3. The Hall–Kier alpha value is -3.27. The Morgan fingerprint density at radius 2 is 1.56 bits per heavy atom. The van der Waals surface area contributed by atoms with Gasteiger partial charge in [-0.2, -0.15) is 0 Å². The third kappa shape index (κ3) is 5.61. The first-order valence-electron chi connectivity index (χ1n) is 8.98. The van der Waals surface area contributed by atoms with E-state index in [0.29, 0.717) is 6.61 Å². The lowest BCUT2D eigenvalue weighted by Gasteiger charge is -2.13. The summed E-state index contributed by atoms with van der Waals surface area (Å²) in [5.41, 5.74) is 4.95. The monoisotopic (exact) mass is 360 g/mol. The van der Waals surface area contributed by atoms with E-state index >= 15 is 0 Å². The van der Waals surface area contributed by atoms with E-state index in [1.165, 1.54) is 0 Å². The molecule has 0 atom stereocenters. The lowest BCUT2D eigenvalue weighted by Crippen LogP contribution is -2.22. The summed E-state index contributed by atoms with van der Waals surface area (Å²) >= 11 is 0. The first-order chi connectivity index (χ1) is 13.1. The third-order valence-electron chi connectivity index (χ3n) is 4.07. The highest BCUT2D eigenvalue weighted by molar-refractivity contribution is 5.94. The van der Waals surface area contributed by atoms with Crippen LogP contribution in [-0.4, -0.2) is 12.5 Å². The Labute approximate surface area is 160 Å². The van der Waals surface area contributed by atoms with Crippen LogP contribution < -0.4 is 15.4 Å². The molecule has 1 amide bonds. The predicted molar refractivity (Wildman–Crippen MR) is 110 cm³/mol. The van der Waals surface area contributed by atoms with Gasteiger partial charge in [0, 0.05) is 5.69 Å². The van der Waals surface area contributed by atoms with Gasteiger partial charge in [0.25, 0.3) is 0 Å². The van der Waals surface area contributed by atoms with Gasteiger partial charge in [0.05, 0.1) is 12.2 Å². The van der Waals surface area contributed by atoms with Gasteiger partial charge < -0.3 is 15.4 Å². The predicted octanol–water partition coefficient (Wildman–Crippen LogP) is 4.93. The van der Waals surface area contributed by atoms with Crippen molar-refractivity contribution in [3.63, 3.8) is 0 Å². The van der Waals surface area contributed by atoms with Crippen LogP contribution in [0.3, 0.4) is 0 Å². The summed E-state index contributed by atoms with van der Waals surface area (Å²) in [4.78, 5) is 12.3. The molecule has 4 nitrogen and oxygen atoms in total. The van der Waals surface area contributed by atoms with E-state index in [2.05, 4.69) is 16.7 Å². The van der Waals surface area contributed by atoms with E-state index < -0.39 is 0 Å². The van der Waals surface area contributed by atoms with Crippen LogP contribution in [0.5, 0.6) is 5.75 Å². The number of carbonyl (C=O) groups is 1. The minimum Gasteiger partial charge on any atom is -0.487 e. The van der Waals surface area contributed by atoms with E-state index in [1.54, 1.807) is 0 Å². The molecule has 0 aliphatic carbocycles. The number of hydrogen-bond acceptors (Lipinski definition) is 3. The van der Waals surface area contributed by atoms with Crippen LogP contribution in [0.25, 0.3) is 0 Å². The van der Waals surface area contributed by atoms with Crippen molar-refractivity contribution in [3.8, 4) is 5.75 Å². The minimum absolute atomic E-state index is 0.0992. The van der Waals surface area contributed by atoms with Crippen LogP contribution in [0.15, 0.2) is 72.8 Å². The SMILES string of the molecule is Cc1cc(C)cc(NC(=O)CNc2ccccc2OCc2ccccc2)c1. The summed E-state index contributed by atoms with van der Waals surface area (Å²) in [6, 6.07) is 23.6. The molecule has 0 saturated heterocycles. The lowest BCUT2D eigenvalue weighted by atomic mass is 10.1. The molecular weight excluding hydrogens is 336 g/mol. The first kappa shape index (κ1) is 18.5. The second-order valence-corrected chi connectivity index (χ2v) is 6.55. The van der Waals surface area contributed by atoms with Gasteiger partial charge in [-0.25, -0.2) is 0 Å². The van der Waals surface area contributed by atoms with Gasteiger partial charge in [0.2, 0.25) is 5.91 Å². The molecule has 0 saturated carbocycles. The van der Waals surface area contributed by atoms with E-state index in [0.717, 1.165) is 33.8 Å². The van der Waals surface area contributed by atoms with Crippen LogP contribution >= 0.6 is 0 Å². The zero-order chi connectivity index (χ0) is 19.1.